The van der Waals surface area contributed by atoms with Crippen LogP contribution in [0.4, 0.5) is 0 Å². The van der Waals surface area contributed by atoms with E-state index in [9.17, 15) is 14.4 Å². The fraction of sp³-hybridized carbons (Fsp3) is 0.929. The molecule has 272 valence electrons. The molecule has 0 aromatic carbocycles. The third kappa shape index (κ3) is 32.7. The molecule has 0 radical (unpaired) electrons. The molecule has 0 aliphatic rings. The van der Waals surface area contributed by atoms with E-state index in [4.69, 9.17) is 4.74 Å². The Balaban J connectivity index is 3.79. The molecule has 0 rings (SSSR count). The van der Waals surface area contributed by atoms with Crippen molar-refractivity contribution in [3.63, 3.8) is 0 Å². The van der Waals surface area contributed by atoms with Gasteiger partial charge in [0.15, 0.2) is 0 Å². The molecule has 0 aromatic rings. The third-order valence-corrected chi connectivity index (χ3v) is 9.72. The summed E-state index contributed by atoms with van der Waals surface area (Å²) in [5, 5.41) is 0. The quantitative estimate of drug-likeness (QED) is 0.0494. The van der Waals surface area contributed by atoms with E-state index in [1.54, 1.807) is 0 Å². The molecule has 0 aliphatic carbocycles. The summed E-state index contributed by atoms with van der Waals surface area (Å²) in [4.78, 5) is 37.4. The van der Waals surface area contributed by atoms with Crippen LogP contribution in [0.2, 0.25) is 0 Å². The van der Waals surface area contributed by atoms with Gasteiger partial charge in [0.05, 0.1) is 12.5 Å². The van der Waals surface area contributed by atoms with Gasteiger partial charge in [-0.25, -0.2) is 0 Å². The summed E-state index contributed by atoms with van der Waals surface area (Å²) in [6.07, 6.45) is 39.8. The van der Waals surface area contributed by atoms with Gasteiger partial charge < -0.3 is 4.74 Å². The molecule has 1 atom stereocenters. The monoisotopic (exact) mass is 649 g/mol. The number of esters is 1. The van der Waals surface area contributed by atoms with Crippen molar-refractivity contribution < 1.29 is 19.1 Å². The molecule has 0 N–H and O–H groups in total. The van der Waals surface area contributed by atoms with Gasteiger partial charge in [0, 0.05) is 25.7 Å². The van der Waals surface area contributed by atoms with E-state index in [-0.39, 0.29) is 17.7 Å². The predicted molar refractivity (Wildman–Crippen MR) is 198 cm³/mol. The van der Waals surface area contributed by atoms with E-state index in [1.807, 2.05) is 6.92 Å². The van der Waals surface area contributed by atoms with Crippen LogP contribution in [0.3, 0.4) is 0 Å². The first-order chi connectivity index (χ1) is 22.5. The van der Waals surface area contributed by atoms with Gasteiger partial charge in [0.1, 0.15) is 11.6 Å². The fourth-order valence-electron chi connectivity index (χ4n) is 6.63. The molecule has 0 amide bonds. The summed E-state index contributed by atoms with van der Waals surface area (Å²) in [5.41, 5.74) is 0. The molecule has 4 heteroatoms. The van der Waals surface area contributed by atoms with Crippen LogP contribution in [0.25, 0.3) is 0 Å². The van der Waals surface area contributed by atoms with Crippen molar-refractivity contribution >= 4 is 17.5 Å². The second-order valence-electron chi connectivity index (χ2n) is 14.3. The SMILES string of the molecule is CCCCCCCCCCCCCCCCCCCC(=O)C[C@@H](CCCCCC(=O)CCCCCCCCCCC)C(=O)OCC. The van der Waals surface area contributed by atoms with Crippen LogP contribution >= 0.6 is 0 Å². The summed E-state index contributed by atoms with van der Waals surface area (Å²) < 4.78 is 5.29. The van der Waals surface area contributed by atoms with Crippen LogP contribution in [0, 0.1) is 5.92 Å². The molecule has 0 aromatic heterocycles. The second kappa shape index (κ2) is 36.6. The van der Waals surface area contributed by atoms with E-state index in [0.717, 1.165) is 44.9 Å². The van der Waals surface area contributed by atoms with Crippen molar-refractivity contribution in [2.45, 2.75) is 239 Å². The van der Waals surface area contributed by atoms with Crippen molar-refractivity contribution in [3.05, 3.63) is 0 Å². The van der Waals surface area contributed by atoms with Crippen molar-refractivity contribution in [1.29, 1.82) is 0 Å². The number of hydrogen-bond acceptors (Lipinski definition) is 4. The third-order valence-electron chi connectivity index (χ3n) is 9.72. The number of unbranched alkanes of at least 4 members (excludes halogenated alkanes) is 26. The summed E-state index contributed by atoms with van der Waals surface area (Å²) in [7, 11) is 0. The maximum absolute atomic E-state index is 12.7. The van der Waals surface area contributed by atoms with Gasteiger partial charge in [-0.2, -0.15) is 0 Å². The number of Topliss-reactive ketones (excluding diaryl/α,β-unsaturated/α-hetero) is 2. The highest BCUT2D eigenvalue weighted by atomic mass is 16.5. The minimum Gasteiger partial charge on any atom is -0.466 e. The van der Waals surface area contributed by atoms with Crippen molar-refractivity contribution in [2.75, 3.05) is 6.61 Å². The smallest absolute Gasteiger partial charge is 0.309 e. The Morgan fingerprint density at radius 1 is 0.391 bits per heavy atom. The second-order valence-corrected chi connectivity index (χ2v) is 14.3. The Morgan fingerprint density at radius 3 is 1.04 bits per heavy atom. The molecule has 0 saturated carbocycles. The lowest BCUT2D eigenvalue weighted by atomic mass is 9.93. The number of carbonyl (C=O) groups excluding carboxylic acids is 3. The Morgan fingerprint density at radius 2 is 0.696 bits per heavy atom. The Labute approximate surface area is 287 Å². The van der Waals surface area contributed by atoms with Crippen LogP contribution in [0.1, 0.15) is 239 Å². The molecular weight excluding hydrogens is 568 g/mol. The summed E-state index contributed by atoms with van der Waals surface area (Å²) in [6.45, 7) is 6.72. The van der Waals surface area contributed by atoms with Gasteiger partial charge in [-0.3, -0.25) is 14.4 Å². The van der Waals surface area contributed by atoms with Gasteiger partial charge in [-0.05, 0) is 32.6 Å². The average molecular weight is 649 g/mol. The van der Waals surface area contributed by atoms with E-state index in [1.165, 1.54) is 148 Å². The molecule has 4 nitrogen and oxygen atoms in total. The number of ether oxygens (including phenoxy) is 1. The maximum Gasteiger partial charge on any atom is 0.309 e. The zero-order valence-electron chi connectivity index (χ0n) is 31.5. The Kier molecular flexibility index (Phi) is 35.7. The topological polar surface area (TPSA) is 60.4 Å². The standard InChI is InChI=1S/C42H80O4/c1-4-7-9-11-13-15-16-17-18-19-20-21-22-24-26-28-32-37-41(44)38-39(42(45)46-6-3)34-30-29-33-36-40(43)35-31-27-25-23-14-12-10-8-5-2/h39H,4-38H2,1-3H3/t39-/m1/s1. The zero-order chi connectivity index (χ0) is 33.8. The van der Waals surface area contributed by atoms with Crippen LogP contribution in [-0.4, -0.2) is 24.1 Å². The van der Waals surface area contributed by atoms with Crippen molar-refractivity contribution in [3.8, 4) is 0 Å². The normalized spacial score (nSPS) is 12.0. The van der Waals surface area contributed by atoms with Gasteiger partial charge >= 0.3 is 5.97 Å². The molecule has 0 unspecified atom stereocenters. The van der Waals surface area contributed by atoms with Crippen LogP contribution in [0.15, 0.2) is 0 Å². The van der Waals surface area contributed by atoms with Crippen molar-refractivity contribution in [2.24, 2.45) is 5.92 Å². The molecule has 0 heterocycles. The minimum absolute atomic E-state index is 0.204. The largest absolute Gasteiger partial charge is 0.466 e. The lowest BCUT2D eigenvalue weighted by Gasteiger charge is -2.15. The van der Waals surface area contributed by atoms with Gasteiger partial charge in [-0.1, -0.05) is 181 Å². The first-order valence-electron chi connectivity index (χ1n) is 20.7. The highest BCUT2D eigenvalue weighted by Gasteiger charge is 2.22. The first kappa shape index (κ1) is 44.8. The van der Waals surface area contributed by atoms with Crippen molar-refractivity contribution in [1.82, 2.24) is 0 Å². The van der Waals surface area contributed by atoms with E-state index in [2.05, 4.69) is 13.8 Å². The highest BCUT2D eigenvalue weighted by molar-refractivity contribution is 5.84. The maximum atomic E-state index is 12.7. The lowest BCUT2D eigenvalue weighted by Crippen LogP contribution is -2.21. The number of hydrogen-bond donors (Lipinski definition) is 0. The van der Waals surface area contributed by atoms with Gasteiger partial charge in [0.2, 0.25) is 0 Å². The molecule has 0 saturated heterocycles. The zero-order valence-corrected chi connectivity index (χ0v) is 31.5. The average Bonchev–Trinajstić information content (AvgIpc) is 3.04. The fourth-order valence-corrected chi connectivity index (χ4v) is 6.63. The van der Waals surface area contributed by atoms with E-state index >= 15 is 0 Å². The number of rotatable bonds is 38. The summed E-state index contributed by atoms with van der Waals surface area (Å²) in [5.74, 6) is 0.0416. The van der Waals surface area contributed by atoms with Crippen LogP contribution in [0.5, 0.6) is 0 Å². The molecule has 46 heavy (non-hydrogen) atoms. The Bertz CT molecular complexity index is 673. The molecule has 0 spiro atoms. The van der Waals surface area contributed by atoms with E-state index < -0.39 is 0 Å². The number of ketones is 2. The van der Waals surface area contributed by atoms with Crippen LogP contribution < -0.4 is 0 Å². The predicted octanol–water partition coefficient (Wildman–Crippen LogP) is 13.6. The first-order valence-corrected chi connectivity index (χ1v) is 20.7. The minimum atomic E-state index is -0.323. The Hall–Kier alpha value is -1.19. The van der Waals surface area contributed by atoms with E-state index in [0.29, 0.717) is 38.1 Å². The summed E-state index contributed by atoms with van der Waals surface area (Å²) in [6, 6.07) is 0. The summed E-state index contributed by atoms with van der Waals surface area (Å²) >= 11 is 0. The highest BCUT2D eigenvalue weighted by Crippen LogP contribution is 2.20. The molecule has 0 bridgehead atoms. The van der Waals surface area contributed by atoms with Gasteiger partial charge in [0.25, 0.3) is 0 Å². The van der Waals surface area contributed by atoms with Gasteiger partial charge in [-0.15, -0.1) is 0 Å². The lowest BCUT2D eigenvalue weighted by molar-refractivity contribution is -0.150. The molecule has 0 fully saturated rings. The molecule has 0 aliphatic heterocycles. The van der Waals surface area contributed by atoms with Crippen LogP contribution in [-0.2, 0) is 19.1 Å². The number of carbonyl (C=O) groups is 3. The molecular formula is C42H80O4.